The number of rotatable bonds is 4. The predicted molar refractivity (Wildman–Crippen MR) is 87.5 cm³/mol. The van der Waals surface area contributed by atoms with Crippen molar-refractivity contribution in [3.05, 3.63) is 63.0 Å². The first kappa shape index (κ1) is 15.9. The molecule has 0 unspecified atom stereocenters. The Balaban J connectivity index is 2.28. The van der Waals surface area contributed by atoms with E-state index < -0.39 is 15.8 Å². The summed E-state index contributed by atoms with van der Waals surface area (Å²) in [5.41, 5.74) is 1.18. The van der Waals surface area contributed by atoms with Gasteiger partial charge in [0, 0.05) is 20.4 Å². The Kier molecular flexibility index (Phi) is 4.62. The smallest absolute Gasteiger partial charge is 0.229 e. The first-order chi connectivity index (χ1) is 9.76. The summed E-state index contributed by atoms with van der Waals surface area (Å²) in [5.74, 6) is -0.644. The highest BCUT2D eigenvalue weighted by molar-refractivity contribution is 14.1. The van der Waals surface area contributed by atoms with E-state index in [1.54, 1.807) is 0 Å². The van der Waals surface area contributed by atoms with Crippen LogP contribution in [-0.2, 0) is 10.0 Å². The van der Waals surface area contributed by atoms with Crippen molar-refractivity contribution in [2.75, 3.05) is 11.0 Å². The number of anilines is 1. The third-order valence-corrected chi connectivity index (χ3v) is 4.13. The molecule has 110 valence electrons. The number of sulfonamides is 1. The van der Waals surface area contributed by atoms with Crippen LogP contribution < -0.4 is 4.72 Å². The lowest BCUT2D eigenvalue weighted by Crippen LogP contribution is -2.10. The van der Waals surface area contributed by atoms with Crippen LogP contribution in [0.5, 0.6) is 0 Å². The molecular formula is C14H11FINO3S. The van der Waals surface area contributed by atoms with E-state index in [9.17, 15) is 17.6 Å². The van der Waals surface area contributed by atoms with Gasteiger partial charge in [0.05, 0.1) is 6.26 Å². The molecule has 0 saturated heterocycles. The maximum absolute atomic E-state index is 13.0. The molecule has 0 atom stereocenters. The van der Waals surface area contributed by atoms with Gasteiger partial charge in [-0.1, -0.05) is 0 Å². The minimum Gasteiger partial charge on any atom is -0.289 e. The highest BCUT2D eigenvalue weighted by Crippen LogP contribution is 2.19. The maximum atomic E-state index is 13.0. The minimum atomic E-state index is -3.35. The van der Waals surface area contributed by atoms with Crippen LogP contribution in [0.25, 0.3) is 0 Å². The van der Waals surface area contributed by atoms with Crippen molar-refractivity contribution in [2.24, 2.45) is 0 Å². The predicted octanol–water partition coefficient (Wildman–Crippen LogP) is 3.03. The van der Waals surface area contributed by atoms with Crippen LogP contribution in [0, 0.1) is 9.39 Å². The number of halogens is 2. The Morgan fingerprint density at radius 3 is 2.29 bits per heavy atom. The van der Waals surface area contributed by atoms with E-state index in [1.165, 1.54) is 42.5 Å². The molecule has 0 spiro atoms. The number of hydrogen-bond donors (Lipinski definition) is 1. The molecule has 4 nitrogen and oxygen atoms in total. The first-order valence-corrected chi connectivity index (χ1v) is 8.81. The van der Waals surface area contributed by atoms with Gasteiger partial charge < -0.3 is 0 Å². The van der Waals surface area contributed by atoms with Crippen LogP contribution >= 0.6 is 22.6 Å². The number of benzene rings is 2. The van der Waals surface area contributed by atoms with E-state index >= 15 is 0 Å². The molecule has 2 aromatic carbocycles. The average molecular weight is 419 g/mol. The van der Waals surface area contributed by atoms with Gasteiger partial charge in [0.1, 0.15) is 5.82 Å². The fourth-order valence-corrected chi connectivity index (χ4v) is 3.02. The average Bonchev–Trinajstić information content (AvgIpc) is 2.37. The lowest BCUT2D eigenvalue weighted by molar-refractivity contribution is 0.103. The van der Waals surface area contributed by atoms with Crippen LogP contribution in [0.1, 0.15) is 15.9 Å². The molecule has 7 heteroatoms. The van der Waals surface area contributed by atoms with Crippen LogP contribution in [-0.4, -0.2) is 20.5 Å². The standard InChI is InChI=1S/C14H11FINO3S/c1-21(19,20)17-11-5-2-9(3-6-11)14(18)12-7-4-10(15)8-13(12)16/h2-8,17H,1H3. The molecule has 0 radical (unpaired) electrons. The van der Waals surface area contributed by atoms with Crippen LogP contribution in [0.4, 0.5) is 10.1 Å². The van der Waals surface area contributed by atoms with E-state index in [1.807, 2.05) is 22.6 Å². The largest absolute Gasteiger partial charge is 0.289 e. The van der Waals surface area contributed by atoms with Gasteiger partial charge in [-0.15, -0.1) is 0 Å². The Hall–Kier alpha value is -1.48. The van der Waals surface area contributed by atoms with Crippen molar-refractivity contribution < 1.29 is 17.6 Å². The van der Waals surface area contributed by atoms with Gasteiger partial charge in [0.2, 0.25) is 10.0 Å². The van der Waals surface area contributed by atoms with Gasteiger partial charge >= 0.3 is 0 Å². The molecule has 0 aliphatic heterocycles. The van der Waals surface area contributed by atoms with Crippen molar-refractivity contribution >= 4 is 44.1 Å². The van der Waals surface area contributed by atoms with Crippen molar-refractivity contribution in [3.8, 4) is 0 Å². The molecule has 21 heavy (non-hydrogen) atoms. The summed E-state index contributed by atoms with van der Waals surface area (Å²) in [5, 5.41) is 0. The van der Waals surface area contributed by atoms with E-state index in [4.69, 9.17) is 0 Å². The third kappa shape index (κ3) is 4.24. The zero-order valence-corrected chi connectivity index (χ0v) is 13.9. The second-order valence-corrected chi connectivity index (χ2v) is 7.32. The zero-order valence-electron chi connectivity index (χ0n) is 10.9. The lowest BCUT2D eigenvalue weighted by Gasteiger charge is -2.06. The quantitative estimate of drug-likeness (QED) is 0.612. The summed E-state index contributed by atoms with van der Waals surface area (Å²) in [7, 11) is -3.35. The van der Waals surface area contributed by atoms with Gasteiger partial charge in [-0.3, -0.25) is 9.52 Å². The Labute approximate surface area is 135 Å². The second kappa shape index (κ2) is 6.10. The van der Waals surface area contributed by atoms with Gasteiger partial charge in [-0.25, -0.2) is 12.8 Å². The second-order valence-electron chi connectivity index (χ2n) is 4.40. The van der Waals surface area contributed by atoms with E-state index in [0.717, 1.165) is 6.26 Å². The minimum absolute atomic E-state index is 0.245. The number of nitrogens with one attached hydrogen (secondary N) is 1. The van der Waals surface area contributed by atoms with Crippen molar-refractivity contribution in [1.29, 1.82) is 0 Å². The Morgan fingerprint density at radius 1 is 1.14 bits per heavy atom. The van der Waals surface area contributed by atoms with Crippen molar-refractivity contribution in [1.82, 2.24) is 0 Å². The molecule has 0 heterocycles. The molecule has 0 aliphatic carbocycles. The van der Waals surface area contributed by atoms with E-state index in [2.05, 4.69) is 4.72 Å². The summed E-state index contributed by atoms with van der Waals surface area (Å²) in [6.07, 6.45) is 1.05. The fourth-order valence-electron chi connectivity index (χ4n) is 1.73. The number of carbonyl (C=O) groups is 1. The van der Waals surface area contributed by atoms with Gasteiger partial charge in [0.25, 0.3) is 0 Å². The highest BCUT2D eigenvalue weighted by atomic mass is 127. The fraction of sp³-hybridized carbons (Fsp3) is 0.0714. The normalized spacial score (nSPS) is 11.2. The summed E-state index contributed by atoms with van der Waals surface area (Å²) in [6.45, 7) is 0. The molecule has 0 bridgehead atoms. The van der Waals surface area contributed by atoms with Crippen LogP contribution in [0.2, 0.25) is 0 Å². The summed E-state index contributed by atoms with van der Waals surface area (Å²) >= 11 is 1.90. The zero-order chi connectivity index (χ0) is 15.6. The van der Waals surface area contributed by atoms with Gasteiger partial charge in [0.15, 0.2) is 5.78 Å². The van der Waals surface area contributed by atoms with Crippen molar-refractivity contribution in [2.45, 2.75) is 0 Å². The summed E-state index contributed by atoms with van der Waals surface area (Å²) in [4.78, 5) is 12.3. The Bertz CT molecular complexity index is 788. The molecule has 0 aromatic heterocycles. The number of carbonyl (C=O) groups excluding carboxylic acids is 1. The van der Waals surface area contributed by atoms with Gasteiger partial charge in [-0.05, 0) is 65.1 Å². The number of hydrogen-bond acceptors (Lipinski definition) is 3. The molecule has 2 rings (SSSR count). The highest BCUT2D eigenvalue weighted by Gasteiger charge is 2.13. The summed E-state index contributed by atoms with van der Waals surface area (Å²) in [6, 6.07) is 10.0. The third-order valence-electron chi connectivity index (χ3n) is 2.63. The SMILES string of the molecule is CS(=O)(=O)Nc1ccc(C(=O)c2ccc(F)cc2I)cc1. The first-order valence-electron chi connectivity index (χ1n) is 5.84. The lowest BCUT2D eigenvalue weighted by atomic mass is 10.0. The maximum Gasteiger partial charge on any atom is 0.229 e. The number of ketones is 1. The topological polar surface area (TPSA) is 63.2 Å². The van der Waals surface area contributed by atoms with Gasteiger partial charge in [-0.2, -0.15) is 0 Å². The molecule has 0 fully saturated rings. The molecule has 0 saturated carbocycles. The van der Waals surface area contributed by atoms with E-state index in [-0.39, 0.29) is 5.78 Å². The summed E-state index contributed by atoms with van der Waals surface area (Å²) < 4.78 is 38.1. The van der Waals surface area contributed by atoms with Crippen LogP contribution in [0.3, 0.4) is 0 Å². The monoisotopic (exact) mass is 419 g/mol. The van der Waals surface area contributed by atoms with Crippen LogP contribution in [0.15, 0.2) is 42.5 Å². The molecule has 0 aliphatic rings. The molecule has 0 amide bonds. The molecule has 1 N–H and O–H groups in total. The molecular weight excluding hydrogens is 408 g/mol. The van der Waals surface area contributed by atoms with Crippen molar-refractivity contribution in [3.63, 3.8) is 0 Å². The Morgan fingerprint density at radius 2 is 1.76 bits per heavy atom. The van der Waals surface area contributed by atoms with E-state index in [0.29, 0.717) is 20.4 Å². The molecule has 2 aromatic rings.